The van der Waals surface area contributed by atoms with E-state index in [1.165, 1.54) is 76.7 Å². The zero-order valence-electron chi connectivity index (χ0n) is 18.5. The van der Waals surface area contributed by atoms with Crippen molar-refractivity contribution in [1.82, 2.24) is 0 Å². The molecule has 0 unspecified atom stereocenters. The molecule has 0 aromatic heterocycles. The summed E-state index contributed by atoms with van der Waals surface area (Å²) in [4.78, 5) is 11.8. The molecule has 0 atom stereocenters. The highest BCUT2D eigenvalue weighted by Crippen LogP contribution is 2.25. The number of hydrogen-bond donors (Lipinski definition) is 2. The number of phenols is 2. The maximum Gasteiger partial charge on any atom is 0.305 e. The van der Waals surface area contributed by atoms with Gasteiger partial charge in [0.2, 0.25) is 0 Å². The van der Waals surface area contributed by atoms with Gasteiger partial charge in [0.1, 0.15) is 0 Å². The zero-order valence-corrected chi connectivity index (χ0v) is 18.5. The second-order valence-corrected chi connectivity index (χ2v) is 8.14. The number of rotatable bonds is 18. The molecule has 4 heteroatoms. The monoisotopic (exact) mass is 406 g/mol. The van der Waals surface area contributed by atoms with Gasteiger partial charge in [-0.15, -0.1) is 0 Å². The van der Waals surface area contributed by atoms with Crippen LogP contribution in [-0.2, 0) is 16.0 Å². The second kappa shape index (κ2) is 17.2. The van der Waals surface area contributed by atoms with E-state index in [1.807, 2.05) is 0 Å². The van der Waals surface area contributed by atoms with Crippen LogP contribution in [0.15, 0.2) is 18.2 Å². The van der Waals surface area contributed by atoms with Gasteiger partial charge in [0.25, 0.3) is 0 Å². The fourth-order valence-electron chi connectivity index (χ4n) is 3.55. The Morgan fingerprint density at radius 2 is 1.31 bits per heavy atom. The molecule has 1 rings (SSSR count). The third-order valence-corrected chi connectivity index (χ3v) is 5.40. The number of hydrogen-bond acceptors (Lipinski definition) is 4. The van der Waals surface area contributed by atoms with E-state index in [0.717, 1.165) is 18.4 Å². The third kappa shape index (κ3) is 14.0. The Labute approximate surface area is 177 Å². The van der Waals surface area contributed by atoms with E-state index in [1.54, 1.807) is 12.1 Å². The summed E-state index contributed by atoms with van der Waals surface area (Å²) in [7, 11) is 0. The van der Waals surface area contributed by atoms with Crippen LogP contribution in [-0.4, -0.2) is 22.8 Å². The van der Waals surface area contributed by atoms with Crippen molar-refractivity contribution in [2.45, 2.75) is 110 Å². The number of benzene rings is 1. The molecule has 166 valence electrons. The van der Waals surface area contributed by atoms with E-state index in [4.69, 9.17) is 4.74 Å². The molecule has 0 bridgehead atoms. The molecule has 2 N–H and O–H groups in total. The average molecular weight is 407 g/mol. The Balaban J connectivity index is 1.85. The van der Waals surface area contributed by atoms with Crippen LogP contribution in [0.2, 0.25) is 0 Å². The van der Waals surface area contributed by atoms with Crippen LogP contribution >= 0.6 is 0 Å². The van der Waals surface area contributed by atoms with Gasteiger partial charge in [-0.05, 0) is 37.0 Å². The second-order valence-electron chi connectivity index (χ2n) is 8.14. The Bertz CT molecular complexity index is 542. The van der Waals surface area contributed by atoms with E-state index in [0.29, 0.717) is 25.9 Å². The highest BCUT2D eigenvalue weighted by molar-refractivity contribution is 5.69. The molecule has 0 spiro atoms. The van der Waals surface area contributed by atoms with Gasteiger partial charge >= 0.3 is 5.97 Å². The van der Waals surface area contributed by atoms with Gasteiger partial charge in [0, 0.05) is 6.42 Å². The van der Waals surface area contributed by atoms with Crippen molar-refractivity contribution in [3.63, 3.8) is 0 Å². The van der Waals surface area contributed by atoms with Gasteiger partial charge in [-0.25, -0.2) is 0 Å². The lowest BCUT2D eigenvalue weighted by atomic mass is 10.0. The van der Waals surface area contributed by atoms with Crippen LogP contribution in [0, 0.1) is 0 Å². The number of esters is 1. The quantitative estimate of drug-likeness (QED) is 0.156. The first kappa shape index (κ1) is 25.3. The number of unbranched alkanes of at least 4 members (excludes halogenated alkanes) is 12. The standard InChI is InChI=1S/C25H42O4/c1-2-3-4-5-6-7-8-9-10-11-12-13-14-17-25(28)29-20-15-16-22-18-19-23(26)24(27)21-22/h18-19,21,26-27H,2-17,20H2,1H3. The topological polar surface area (TPSA) is 66.8 Å². The maximum absolute atomic E-state index is 11.8. The highest BCUT2D eigenvalue weighted by atomic mass is 16.5. The molecular weight excluding hydrogens is 364 g/mol. The lowest BCUT2D eigenvalue weighted by Gasteiger charge is -2.06. The summed E-state index contributed by atoms with van der Waals surface area (Å²) >= 11 is 0. The van der Waals surface area contributed by atoms with Crippen LogP contribution in [0.1, 0.15) is 109 Å². The fourth-order valence-corrected chi connectivity index (χ4v) is 3.55. The van der Waals surface area contributed by atoms with Gasteiger partial charge < -0.3 is 14.9 Å². The number of carbonyl (C=O) groups excluding carboxylic acids is 1. The summed E-state index contributed by atoms with van der Waals surface area (Å²) in [6.45, 7) is 2.66. The summed E-state index contributed by atoms with van der Waals surface area (Å²) in [5.74, 6) is -0.332. The van der Waals surface area contributed by atoms with E-state index in [2.05, 4.69) is 6.92 Å². The Morgan fingerprint density at radius 1 is 0.759 bits per heavy atom. The first-order valence-corrected chi connectivity index (χ1v) is 11.8. The van der Waals surface area contributed by atoms with E-state index < -0.39 is 0 Å². The SMILES string of the molecule is CCCCCCCCCCCCCCCC(=O)OCCCc1ccc(O)c(O)c1. The van der Waals surface area contributed by atoms with Gasteiger partial charge in [-0.3, -0.25) is 4.79 Å². The average Bonchev–Trinajstić information content (AvgIpc) is 2.71. The number of ether oxygens (including phenoxy) is 1. The summed E-state index contributed by atoms with van der Waals surface area (Å²) in [6.07, 6.45) is 18.8. The van der Waals surface area contributed by atoms with Crippen LogP contribution < -0.4 is 0 Å². The van der Waals surface area contributed by atoms with Gasteiger partial charge in [0.15, 0.2) is 11.5 Å². The smallest absolute Gasteiger partial charge is 0.305 e. The molecule has 1 aromatic carbocycles. The molecule has 0 aliphatic rings. The van der Waals surface area contributed by atoms with Crippen LogP contribution in [0.5, 0.6) is 11.5 Å². The summed E-state index contributed by atoms with van der Waals surface area (Å²) in [6, 6.07) is 4.79. The van der Waals surface area contributed by atoms with Crippen molar-refractivity contribution in [2.75, 3.05) is 6.61 Å². The van der Waals surface area contributed by atoms with Crippen molar-refractivity contribution < 1.29 is 19.7 Å². The minimum absolute atomic E-state index is 0.109. The van der Waals surface area contributed by atoms with Crippen LogP contribution in [0.25, 0.3) is 0 Å². The first-order chi connectivity index (χ1) is 14.1. The summed E-state index contributed by atoms with van der Waals surface area (Å²) in [5.41, 5.74) is 0.924. The normalized spacial score (nSPS) is 10.9. The molecule has 0 heterocycles. The number of aromatic hydroxyl groups is 2. The molecular formula is C25H42O4. The summed E-state index contributed by atoms with van der Waals surface area (Å²) < 4.78 is 5.27. The van der Waals surface area contributed by atoms with E-state index in [-0.39, 0.29) is 17.5 Å². The largest absolute Gasteiger partial charge is 0.504 e. The van der Waals surface area contributed by atoms with Gasteiger partial charge in [0.05, 0.1) is 6.61 Å². The minimum Gasteiger partial charge on any atom is -0.504 e. The molecule has 0 aliphatic carbocycles. The Kier molecular flexibility index (Phi) is 15.0. The minimum atomic E-state index is -0.113. The summed E-state index contributed by atoms with van der Waals surface area (Å²) in [5, 5.41) is 18.7. The molecule has 0 saturated carbocycles. The first-order valence-electron chi connectivity index (χ1n) is 11.8. The van der Waals surface area contributed by atoms with Crippen molar-refractivity contribution in [2.24, 2.45) is 0 Å². The van der Waals surface area contributed by atoms with Crippen LogP contribution in [0.3, 0.4) is 0 Å². The van der Waals surface area contributed by atoms with Gasteiger partial charge in [-0.2, -0.15) is 0 Å². The highest BCUT2D eigenvalue weighted by Gasteiger charge is 2.04. The predicted octanol–water partition coefficient (Wildman–Crippen LogP) is 7.05. The maximum atomic E-state index is 11.8. The lowest BCUT2D eigenvalue weighted by molar-refractivity contribution is -0.143. The molecule has 0 amide bonds. The molecule has 1 aromatic rings. The molecule has 0 fully saturated rings. The molecule has 0 radical (unpaired) electrons. The third-order valence-electron chi connectivity index (χ3n) is 5.40. The van der Waals surface area contributed by atoms with Crippen molar-refractivity contribution in [3.8, 4) is 11.5 Å². The van der Waals surface area contributed by atoms with Crippen molar-refractivity contribution in [1.29, 1.82) is 0 Å². The van der Waals surface area contributed by atoms with Crippen molar-refractivity contribution >= 4 is 5.97 Å². The Hall–Kier alpha value is -1.71. The zero-order chi connectivity index (χ0) is 21.2. The number of phenolic OH excluding ortho intramolecular Hbond substituents is 2. The molecule has 4 nitrogen and oxygen atoms in total. The number of aryl methyl sites for hydroxylation is 1. The predicted molar refractivity (Wildman–Crippen MR) is 119 cm³/mol. The number of carbonyl (C=O) groups is 1. The molecule has 0 saturated heterocycles. The Morgan fingerprint density at radius 3 is 1.86 bits per heavy atom. The van der Waals surface area contributed by atoms with Crippen molar-refractivity contribution in [3.05, 3.63) is 23.8 Å². The molecule has 0 aliphatic heterocycles. The lowest BCUT2D eigenvalue weighted by Crippen LogP contribution is -2.06. The fraction of sp³-hybridized carbons (Fsp3) is 0.720. The van der Waals surface area contributed by atoms with Crippen LogP contribution in [0.4, 0.5) is 0 Å². The molecule has 29 heavy (non-hydrogen) atoms. The van der Waals surface area contributed by atoms with E-state index in [9.17, 15) is 15.0 Å². The van der Waals surface area contributed by atoms with Gasteiger partial charge in [-0.1, -0.05) is 90.0 Å². The van der Waals surface area contributed by atoms with E-state index >= 15 is 0 Å².